The number of nitrogens with zero attached hydrogens (tertiary/aromatic N) is 1. The van der Waals surface area contributed by atoms with E-state index >= 15 is 4.39 Å². The molecule has 32 heavy (non-hydrogen) atoms. The number of benzene rings is 3. The summed E-state index contributed by atoms with van der Waals surface area (Å²) in [5.41, 5.74) is 0.914. The van der Waals surface area contributed by atoms with Gasteiger partial charge in [0.1, 0.15) is 5.41 Å². The van der Waals surface area contributed by atoms with Gasteiger partial charge in [-0.05, 0) is 48.4 Å². The number of esters is 1. The number of hydrogen-bond donors (Lipinski definition) is 1. The number of aliphatic imine (C=N–C) groups is 1. The van der Waals surface area contributed by atoms with Crippen molar-refractivity contribution in [3.8, 4) is 0 Å². The van der Waals surface area contributed by atoms with Crippen molar-refractivity contribution in [3.05, 3.63) is 100 Å². The summed E-state index contributed by atoms with van der Waals surface area (Å²) in [6.45, 7) is 1.91. The fourth-order valence-corrected chi connectivity index (χ4v) is 4.29. The summed E-state index contributed by atoms with van der Waals surface area (Å²) in [4.78, 5) is 19.8. The van der Waals surface area contributed by atoms with Crippen LogP contribution >= 0.6 is 0 Å². The van der Waals surface area contributed by atoms with E-state index in [4.69, 9.17) is 4.74 Å². The standard InChI is InChI=1S/C25H17F3N2O2/c1-2-32-24(31)14-6-5-7-15(12-14)25(13-29-18-9-4-3-8-16(18)25)23-22(28)20-19(30-23)11-10-17(26)21(20)27/h3-13,30H,2H2,1H3. The number of hydrogen-bond acceptors (Lipinski definition) is 3. The number of aromatic amines is 1. The summed E-state index contributed by atoms with van der Waals surface area (Å²) in [5, 5.41) is -0.460. The first-order valence-electron chi connectivity index (χ1n) is 10.1. The molecule has 4 nitrogen and oxygen atoms in total. The maximum absolute atomic E-state index is 15.7. The Balaban J connectivity index is 1.83. The lowest BCUT2D eigenvalue weighted by Crippen LogP contribution is -2.30. The van der Waals surface area contributed by atoms with E-state index in [1.807, 2.05) is 0 Å². The average molecular weight is 434 g/mol. The van der Waals surface area contributed by atoms with Crippen LogP contribution in [-0.4, -0.2) is 23.8 Å². The van der Waals surface area contributed by atoms with Gasteiger partial charge >= 0.3 is 5.97 Å². The zero-order valence-corrected chi connectivity index (χ0v) is 17.0. The third-order valence-electron chi connectivity index (χ3n) is 5.74. The Hall–Kier alpha value is -3.87. The molecule has 1 unspecified atom stereocenters. The highest BCUT2D eigenvalue weighted by molar-refractivity contribution is 5.97. The van der Waals surface area contributed by atoms with Gasteiger partial charge in [0, 0.05) is 6.21 Å². The number of rotatable bonds is 4. The van der Waals surface area contributed by atoms with Gasteiger partial charge in [0.15, 0.2) is 17.5 Å². The lowest BCUT2D eigenvalue weighted by Gasteiger charge is -2.28. The fraction of sp³-hybridized carbons (Fsp3) is 0.120. The smallest absolute Gasteiger partial charge is 0.338 e. The van der Waals surface area contributed by atoms with E-state index in [1.54, 1.807) is 61.7 Å². The summed E-state index contributed by atoms with van der Waals surface area (Å²) in [5.74, 6) is -3.83. The summed E-state index contributed by atoms with van der Waals surface area (Å²) in [6.07, 6.45) is 1.56. The van der Waals surface area contributed by atoms with Gasteiger partial charge in [-0.3, -0.25) is 4.99 Å². The van der Waals surface area contributed by atoms with E-state index in [9.17, 15) is 13.6 Å². The molecule has 1 aliphatic heterocycles. The molecule has 0 fully saturated rings. The third-order valence-corrected chi connectivity index (χ3v) is 5.74. The van der Waals surface area contributed by atoms with Gasteiger partial charge in [-0.1, -0.05) is 30.3 Å². The van der Waals surface area contributed by atoms with Gasteiger partial charge in [0.25, 0.3) is 0 Å². The van der Waals surface area contributed by atoms with Crippen LogP contribution in [0.15, 0.2) is 65.7 Å². The third kappa shape index (κ3) is 2.77. The van der Waals surface area contributed by atoms with Crippen molar-refractivity contribution in [2.75, 3.05) is 6.61 Å². The molecular formula is C25H17F3N2O2. The van der Waals surface area contributed by atoms with Crippen LogP contribution < -0.4 is 0 Å². The maximum Gasteiger partial charge on any atom is 0.338 e. The number of nitrogens with one attached hydrogen (secondary N) is 1. The van der Waals surface area contributed by atoms with Crippen molar-refractivity contribution in [2.24, 2.45) is 4.99 Å². The molecule has 4 aromatic rings. The number of halogens is 3. The van der Waals surface area contributed by atoms with Crippen LogP contribution in [0.5, 0.6) is 0 Å². The zero-order valence-electron chi connectivity index (χ0n) is 17.0. The van der Waals surface area contributed by atoms with Crippen molar-refractivity contribution in [1.29, 1.82) is 0 Å². The number of H-pyrrole nitrogens is 1. The molecule has 0 spiro atoms. The second-order valence-electron chi connectivity index (χ2n) is 7.48. The van der Waals surface area contributed by atoms with Crippen LogP contribution in [0.3, 0.4) is 0 Å². The first-order chi connectivity index (χ1) is 15.5. The SMILES string of the molecule is CCOC(=O)c1cccc(C2(c3[nH]c4ccc(F)c(F)c4c3F)C=Nc3ccccc32)c1. The molecule has 3 aromatic carbocycles. The molecule has 0 amide bonds. The second-order valence-corrected chi connectivity index (χ2v) is 7.48. The van der Waals surface area contributed by atoms with E-state index in [0.29, 0.717) is 16.8 Å². The van der Waals surface area contributed by atoms with Crippen molar-refractivity contribution < 1.29 is 22.7 Å². The Morgan fingerprint density at radius 1 is 1.03 bits per heavy atom. The minimum Gasteiger partial charge on any atom is -0.462 e. The molecule has 0 radical (unpaired) electrons. The van der Waals surface area contributed by atoms with Gasteiger partial charge in [-0.15, -0.1) is 0 Å². The average Bonchev–Trinajstić information content (AvgIpc) is 3.36. The normalized spacial score (nSPS) is 17.0. The quantitative estimate of drug-likeness (QED) is 0.412. The molecule has 1 N–H and O–H groups in total. The van der Waals surface area contributed by atoms with Crippen LogP contribution in [0.25, 0.3) is 10.9 Å². The summed E-state index contributed by atoms with van der Waals surface area (Å²) < 4.78 is 49.2. The molecule has 1 aromatic heterocycles. The van der Waals surface area contributed by atoms with Crippen LogP contribution in [0.4, 0.5) is 18.9 Å². The van der Waals surface area contributed by atoms with Crippen molar-refractivity contribution in [2.45, 2.75) is 12.3 Å². The molecule has 0 saturated heterocycles. The lowest BCUT2D eigenvalue weighted by molar-refractivity contribution is 0.0526. The van der Waals surface area contributed by atoms with Crippen LogP contribution in [-0.2, 0) is 10.2 Å². The molecular weight excluding hydrogens is 417 g/mol. The van der Waals surface area contributed by atoms with Crippen molar-refractivity contribution in [3.63, 3.8) is 0 Å². The molecule has 1 aliphatic rings. The summed E-state index contributed by atoms with van der Waals surface area (Å²) in [7, 11) is 0. The molecule has 5 rings (SSSR count). The molecule has 0 saturated carbocycles. The van der Waals surface area contributed by atoms with E-state index in [1.165, 1.54) is 6.07 Å². The van der Waals surface area contributed by atoms with Crippen LogP contribution in [0.1, 0.15) is 34.1 Å². The van der Waals surface area contributed by atoms with Crippen LogP contribution in [0.2, 0.25) is 0 Å². The largest absolute Gasteiger partial charge is 0.462 e. The maximum atomic E-state index is 15.7. The predicted octanol–water partition coefficient (Wildman–Crippen LogP) is 5.81. The minimum atomic E-state index is -1.29. The monoisotopic (exact) mass is 434 g/mol. The van der Waals surface area contributed by atoms with Gasteiger partial charge in [0.05, 0.1) is 34.5 Å². The van der Waals surface area contributed by atoms with Crippen molar-refractivity contribution >= 4 is 28.8 Å². The fourth-order valence-electron chi connectivity index (χ4n) is 4.29. The highest BCUT2D eigenvalue weighted by atomic mass is 19.2. The Labute approximate surface area is 181 Å². The number of carbonyl (C=O) groups excluding carboxylic acids is 1. The van der Waals surface area contributed by atoms with Crippen molar-refractivity contribution in [1.82, 2.24) is 4.98 Å². The number of aromatic nitrogens is 1. The summed E-state index contributed by atoms with van der Waals surface area (Å²) in [6, 6.07) is 16.0. The first-order valence-corrected chi connectivity index (χ1v) is 10.1. The Morgan fingerprint density at radius 3 is 2.66 bits per heavy atom. The number of fused-ring (bicyclic) bond motifs is 2. The number of carbonyl (C=O) groups is 1. The molecule has 0 bridgehead atoms. The molecule has 160 valence electrons. The highest BCUT2D eigenvalue weighted by Crippen LogP contribution is 2.48. The Morgan fingerprint density at radius 2 is 1.84 bits per heavy atom. The molecule has 7 heteroatoms. The lowest BCUT2D eigenvalue weighted by atomic mass is 9.73. The highest BCUT2D eigenvalue weighted by Gasteiger charge is 2.44. The number of para-hydroxylation sites is 1. The predicted molar refractivity (Wildman–Crippen MR) is 115 cm³/mol. The van der Waals surface area contributed by atoms with Gasteiger partial charge in [-0.25, -0.2) is 18.0 Å². The number of ether oxygens (including phenoxy) is 1. The Kier molecular flexibility index (Phi) is 4.62. The van der Waals surface area contributed by atoms with Gasteiger partial charge < -0.3 is 9.72 Å². The molecule has 2 heterocycles. The van der Waals surface area contributed by atoms with E-state index in [2.05, 4.69) is 9.98 Å². The molecule has 1 atom stereocenters. The summed E-state index contributed by atoms with van der Waals surface area (Å²) >= 11 is 0. The van der Waals surface area contributed by atoms with E-state index in [-0.39, 0.29) is 23.4 Å². The minimum absolute atomic E-state index is 0.00621. The van der Waals surface area contributed by atoms with Crippen LogP contribution in [0, 0.1) is 17.5 Å². The van der Waals surface area contributed by atoms with Gasteiger partial charge in [-0.2, -0.15) is 0 Å². The van der Waals surface area contributed by atoms with E-state index < -0.39 is 34.2 Å². The van der Waals surface area contributed by atoms with Gasteiger partial charge in [0.2, 0.25) is 0 Å². The topological polar surface area (TPSA) is 54.5 Å². The van der Waals surface area contributed by atoms with E-state index in [0.717, 1.165) is 6.07 Å². The molecule has 0 aliphatic carbocycles. The second kappa shape index (κ2) is 7.37. The first kappa shape index (κ1) is 20.1. The zero-order chi connectivity index (χ0) is 22.5. The Bertz CT molecular complexity index is 1410.